The summed E-state index contributed by atoms with van der Waals surface area (Å²) in [5, 5.41) is 13.4. The second-order valence-electron chi connectivity index (χ2n) is 7.86. The lowest BCUT2D eigenvalue weighted by Crippen LogP contribution is -2.30. The quantitative estimate of drug-likeness (QED) is 0.616. The van der Waals surface area contributed by atoms with Gasteiger partial charge in [-0.3, -0.25) is 0 Å². The van der Waals surface area contributed by atoms with E-state index in [-0.39, 0.29) is 24.2 Å². The second kappa shape index (κ2) is 7.78. The smallest absolute Gasteiger partial charge is 0.335 e. The Morgan fingerprint density at radius 2 is 1.85 bits per heavy atom. The molecule has 0 aromatic heterocycles. The molecule has 26 heavy (non-hydrogen) atoms. The number of hydrogen-bond donors (Lipinski definition) is 1. The van der Waals surface area contributed by atoms with Gasteiger partial charge >= 0.3 is 5.97 Å². The zero-order valence-corrected chi connectivity index (χ0v) is 15.0. The molecule has 4 atom stereocenters. The SMILES string of the molecule is O=C(O)c1ccc(C[C@@H]2[C@H](C=NOC3CCCCC3)[C@@H]3CC[C@H]2O3)cc1. The van der Waals surface area contributed by atoms with Crippen molar-refractivity contribution in [3.05, 3.63) is 35.4 Å². The summed E-state index contributed by atoms with van der Waals surface area (Å²) >= 11 is 0. The van der Waals surface area contributed by atoms with Crippen molar-refractivity contribution in [2.24, 2.45) is 17.0 Å². The van der Waals surface area contributed by atoms with E-state index in [0.717, 1.165) is 37.7 Å². The van der Waals surface area contributed by atoms with E-state index in [1.807, 2.05) is 18.3 Å². The molecule has 2 saturated heterocycles. The van der Waals surface area contributed by atoms with Crippen LogP contribution in [-0.4, -0.2) is 35.6 Å². The summed E-state index contributed by atoms with van der Waals surface area (Å²) in [7, 11) is 0. The third kappa shape index (κ3) is 3.78. The second-order valence-corrected chi connectivity index (χ2v) is 7.86. The van der Waals surface area contributed by atoms with E-state index in [1.165, 1.54) is 19.3 Å². The van der Waals surface area contributed by atoms with E-state index in [9.17, 15) is 4.79 Å². The first-order valence-corrected chi connectivity index (χ1v) is 9.88. The highest BCUT2D eigenvalue weighted by molar-refractivity contribution is 5.87. The van der Waals surface area contributed by atoms with Gasteiger partial charge in [0, 0.05) is 12.1 Å². The molecule has 1 N–H and O–H groups in total. The van der Waals surface area contributed by atoms with Crippen LogP contribution >= 0.6 is 0 Å². The number of aromatic carboxylic acids is 1. The minimum atomic E-state index is -0.885. The van der Waals surface area contributed by atoms with Crippen LogP contribution < -0.4 is 0 Å². The molecule has 0 amide bonds. The molecule has 1 saturated carbocycles. The van der Waals surface area contributed by atoms with Crippen LogP contribution in [0.25, 0.3) is 0 Å². The molecule has 140 valence electrons. The van der Waals surface area contributed by atoms with Crippen LogP contribution in [0.3, 0.4) is 0 Å². The first-order valence-electron chi connectivity index (χ1n) is 9.88. The Labute approximate surface area is 154 Å². The zero-order valence-electron chi connectivity index (χ0n) is 15.0. The third-order valence-electron chi connectivity index (χ3n) is 6.15. The number of carboxylic acids is 1. The molecule has 3 fully saturated rings. The van der Waals surface area contributed by atoms with Crippen LogP contribution in [0.5, 0.6) is 0 Å². The average Bonchev–Trinajstić information content (AvgIpc) is 3.26. The molecule has 0 unspecified atom stereocenters. The summed E-state index contributed by atoms with van der Waals surface area (Å²) < 4.78 is 6.13. The molecule has 5 heteroatoms. The predicted molar refractivity (Wildman–Crippen MR) is 98.4 cm³/mol. The van der Waals surface area contributed by atoms with Crippen LogP contribution in [0.2, 0.25) is 0 Å². The highest BCUT2D eigenvalue weighted by Gasteiger charge is 2.48. The van der Waals surface area contributed by atoms with Crippen molar-refractivity contribution in [1.82, 2.24) is 0 Å². The molecule has 3 aliphatic rings. The van der Waals surface area contributed by atoms with Gasteiger partial charge in [-0.05, 0) is 68.6 Å². The fourth-order valence-corrected chi connectivity index (χ4v) is 4.70. The van der Waals surface area contributed by atoms with Crippen LogP contribution in [0.15, 0.2) is 29.4 Å². The van der Waals surface area contributed by atoms with Gasteiger partial charge in [-0.2, -0.15) is 0 Å². The number of nitrogens with zero attached hydrogens (tertiary/aromatic N) is 1. The first-order chi connectivity index (χ1) is 12.7. The standard InChI is InChI=1S/C21H27NO4/c23-21(24)15-8-6-14(7-9-15)12-17-18(20-11-10-19(17)25-20)13-22-26-16-4-2-1-3-5-16/h6-9,13,16-20H,1-5,10-12H2,(H,23,24)/t17-,18+,19-,20+/m1/s1. The topological polar surface area (TPSA) is 68.1 Å². The average molecular weight is 357 g/mol. The lowest BCUT2D eigenvalue weighted by Gasteiger charge is -2.25. The van der Waals surface area contributed by atoms with Crippen molar-refractivity contribution in [2.75, 3.05) is 0 Å². The molecule has 2 bridgehead atoms. The van der Waals surface area contributed by atoms with Crippen LogP contribution in [0.1, 0.15) is 60.9 Å². The Morgan fingerprint density at radius 1 is 1.12 bits per heavy atom. The summed E-state index contributed by atoms with van der Waals surface area (Å²) in [6.07, 6.45) is 11.9. The van der Waals surface area contributed by atoms with E-state index in [1.54, 1.807) is 12.1 Å². The Morgan fingerprint density at radius 3 is 2.58 bits per heavy atom. The lowest BCUT2D eigenvalue weighted by atomic mass is 9.77. The van der Waals surface area contributed by atoms with Gasteiger partial charge in [0.05, 0.1) is 17.8 Å². The van der Waals surface area contributed by atoms with Gasteiger partial charge in [0.1, 0.15) is 6.10 Å². The monoisotopic (exact) mass is 357 g/mol. The summed E-state index contributed by atoms with van der Waals surface area (Å²) in [6, 6.07) is 7.20. The summed E-state index contributed by atoms with van der Waals surface area (Å²) in [5.74, 6) is -0.204. The molecule has 2 aliphatic heterocycles. The maximum atomic E-state index is 11.0. The summed E-state index contributed by atoms with van der Waals surface area (Å²) in [6.45, 7) is 0. The van der Waals surface area contributed by atoms with Gasteiger partial charge in [-0.15, -0.1) is 0 Å². The molecule has 5 nitrogen and oxygen atoms in total. The van der Waals surface area contributed by atoms with Gasteiger partial charge in [-0.1, -0.05) is 23.7 Å². The first kappa shape index (κ1) is 17.5. The third-order valence-corrected chi connectivity index (χ3v) is 6.15. The van der Waals surface area contributed by atoms with Crippen molar-refractivity contribution in [3.63, 3.8) is 0 Å². The van der Waals surface area contributed by atoms with E-state index >= 15 is 0 Å². The number of oxime groups is 1. The maximum absolute atomic E-state index is 11.0. The predicted octanol–water partition coefficient (Wildman–Crippen LogP) is 4.06. The van der Waals surface area contributed by atoms with Gasteiger partial charge < -0.3 is 14.7 Å². The van der Waals surface area contributed by atoms with Crippen LogP contribution in [0.4, 0.5) is 0 Å². The normalized spacial score (nSPS) is 31.5. The number of rotatable bonds is 6. The minimum Gasteiger partial charge on any atom is -0.478 e. The van der Waals surface area contributed by atoms with Crippen molar-refractivity contribution < 1.29 is 19.5 Å². The zero-order chi connectivity index (χ0) is 17.9. The minimum absolute atomic E-state index is 0.252. The number of carboxylic acid groups (broad SMARTS) is 1. The Kier molecular flexibility index (Phi) is 5.25. The molecule has 1 aliphatic carbocycles. The Balaban J connectivity index is 1.39. The van der Waals surface area contributed by atoms with Crippen molar-refractivity contribution in [3.8, 4) is 0 Å². The van der Waals surface area contributed by atoms with Gasteiger partial charge in [-0.25, -0.2) is 4.79 Å². The van der Waals surface area contributed by atoms with Crippen molar-refractivity contribution >= 4 is 12.2 Å². The highest BCUT2D eigenvalue weighted by Crippen LogP contribution is 2.44. The number of carbonyl (C=O) groups is 1. The molecule has 0 radical (unpaired) electrons. The summed E-state index contributed by atoms with van der Waals surface area (Å²) in [4.78, 5) is 16.8. The van der Waals surface area contributed by atoms with E-state index < -0.39 is 5.97 Å². The number of hydrogen-bond acceptors (Lipinski definition) is 4. The molecule has 4 rings (SSSR count). The Hall–Kier alpha value is -1.88. The van der Waals surface area contributed by atoms with Crippen molar-refractivity contribution in [1.29, 1.82) is 0 Å². The molecule has 1 aromatic carbocycles. The largest absolute Gasteiger partial charge is 0.478 e. The van der Waals surface area contributed by atoms with Crippen LogP contribution in [0, 0.1) is 11.8 Å². The lowest BCUT2D eigenvalue weighted by molar-refractivity contribution is 0.0324. The Bertz CT molecular complexity index is 650. The fraction of sp³-hybridized carbons (Fsp3) is 0.619. The van der Waals surface area contributed by atoms with Crippen LogP contribution in [-0.2, 0) is 16.0 Å². The van der Waals surface area contributed by atoms with E-state index in [2.05, 4.69) is 5.16 Å². The number of fused-ring (bicyclic) bond motifs is 2. The van der Waals surface area contributed by atoms with Crippen molar-refractivity contribution in [2.45, 2.75) is 69.7 Å². The summed E-state index contributed by atoms with van der Waals surface area (Å²) in [5.41, 5.74) is 1.49. The number of ether oxygens (including phenoxy) is 1. The molecule has 2 heterocycles. The molecular weight excluding hydrogens is 330 g/mol. The maximum Gasteiger partial charge on any atom is 0.335 e. The molecule has 1 aromatic rings. The fourth-order valence-electron chi connectivity index (χ4n) is 4.70. The number of benzene rings is 1. The van der Waals surface area contributed by atoms with Gasteiger partial charge in [0.25, 0.3) is 0 Å². The molecule has 0 spiro atoms. The highest BCUT2D eigenvalue weighted by atomic mass is 16.6. The molecular formula is C21H27NO4. The van der Waals surface area contributed by atoms with Gasteiger partial charge in [0.15, 0.2) is 0 Å². The van der Waals surface area contributed by atoms with Gasteiger partial charge in [0.2, 0.25) is 0 Å². The van der Waals surface area contributed by atoms with E-state index in [0.29, 0.717) is 11.5 Å². The van der Waals surface area contributed by atoms with E-state index in [4.69, 9.17) is 14.7 Å².